The third-order valence-electron chi connectivity index (χ3n) is 4.53. The normalized spacial score (nSPS) is 15.5. The second kappa shape index (κ2) is 5.52. The highest BCUT2D eigenvalue weighted by atomic mass is 16.4. The molecule has 3 aromatic rings. The third kappa shape index (κ3) is 2.49. The minimum Gasteiger partial charge on any atom is -0.480 e. The summed E-state index contributed by atoms with van der Waals surface area (Å²) in [5, 5.41) is 12.1. The van der Waals surface area contributed by atoms with Crippen LogP contribution < -0.4 is 0 Å². The van der Waals surface area contributed by atoms with Gasteiger partial charge in [-0.1, -0.05) is 54.6 Å². The maximum atomic E-state index is 11.8. The van der Waals surface area contributed by atoms with E-state index in [-0.39, 0.29) is 0 Å². The third-order valence-corrected chi connectivity index (χ3v) is 4.53. The van der Waals surface area contributed by atoms with Crippen molar-refractivity contribution in [2.45, 2.75) is 19.1 Å². The Balaban J connectivity index is 1.71. The van der Waals surface area contributed by atoms with Crippen LogP contribution in [0.4, 0.5) is 0 Å². The van der Waals surface area contributed by atoms with Gasteiger partial charge in [0.1, 0.15) is 6.04 Å². The summed E-state index contributed by atoms with van der Waals surface area (Å²) >= 11 is 0. The molecule has 114 valence electrons. The zero-order chi connectivity index (χ0) is 15.8. The highest BCUT2D eigenvalue weighted by Crippen LogP contribution is 2.33. The van der Waals surface area contributed by atoms with E-state index in [0.29, 0.717) is 13.1 Å². The fourth-order valence-corrected chi connectivity index (χ4v) is 3.45. The highest BCUT2D eigenvalue weighted by molar-refractivity contribution is 5.84. The number of hydrogen-bond donors (Lipinski definition) is 1. The van der Waals surface area contributed by atoms with Gasteiger partial charge in [-0.2, -0.15) is 0 Å². The first-order valence-corrected chi connectivity index (χ1v) is 7.75. The molecule has 1 N–H and O–H groups in total. The van der Waals surface area contributed by atoms with Crippen molar-refractivity contribution in [2.24, 2.45) is 0 Å². The molecule has 1 atom stereocenters. The Morgan fingerprint density at radius 3 is 1.91 bits per heavy atom. The van der Waals surface area contributed by atoms with Crippen LogP contribution in [0.3, 0.4) is 0 Å². The van der Waals surface area contributed by atoms with E-state index in [9.17, 15) is 9.90 Å². The first-order chi connectivity index (χ1) is 11.2. The molecule has 0 spiro atoms. The molecule has 0 fully saturated rings. The van der Waals surface area contributed by atoms with Crippen molar-refractivity contribution in [3.63, 3.8) is 0 Å². The molecule has 1 unspecified atom stereocenters. The monoisotopic (exact) mass is 303 g/mol. The second-order valence-electron chi connectivity index (χ2n) is 6.02. The van der Waals surface area contributed by atoms with Gasteiger partial charge in [0.2, 0.25) is 0 Å². The smallest absolute Gasteiger partial charge is 0.325 e. The zero-order valence-corrected chi connectivity index (χ0v) is 12.6. The molecule has 0 amide bonds. The topological polar surface area (TPSA) is 40.5 Å². The number of carbonyl (C=O) groups is 1. The van der Waals surface area contributed by atoms with E-state index in [1.165, 1.54) is 21.9 Å². The van der Waals surface area contributed by atoms with Crippen molar-refractivity contribution in [1.29, 1.82) is 0 Å². The maximum absolute atomic E-state index is 11.8. The van der Waals surface area contributed by atoms with E-state index in [2.05, 4.69) is 24.3 Å². The summed E-state index contributed by atoms with van der Waals surface area (Å²) in [6, 6.07) is 21.5. The van der Waals surface area contributed by atoms with Gasteiger partial charge in [-0.3, -0.25) is 9.69 Å². The Bertz CT molecular complexity index is 829. The van der Waals surface area contributed by atoms with E-state index in [1.54, 1.807) is 0 Å². The summed E-state index contributed by atoms with van der Waals surface area (Å²) in [4.78, 5) is 13.9. The average Bonchev–Trinajstić information content (AvgIpc) is 2.95. The molecule has 3 aromatic carbocycles. The summed E-state index contributed by atoms with van der Waals surface area (Å²) in [5.74, 6) is -0.798. The van der Waals surface area contributed by atoms with Gasteiger partial charge in [-0.15, -0.1) is 0 Å². The molecule has 4 rings (SSSR count). The van der Waals surface area contributed by atoms with Crippen molar-refractivity contribution in [3.8, 4) is 0 Å². The van der Waals surface area contributed by atoms with Crippen molar-refractivity contribution < 1.29 is 9.90 Å². The molecule has 3 heteroatoms. The van der Waals surface area contributed by atoms with Crippen LogP contribution in [-0.2, 0) is 17.9 Å². The summed E-state index contributed by atoms with van der Waals surface area (Å²) in [6.07, 6.45) is 0. The SMILES string of the molecule is O=C(O)C(c1ccccc1)N1Cc2cc3ccccc3cc2C1. The predicted molar refractivity (Wildman–Crippen MR) is 90.0 cm³/mol. The lowest BCUT2D eigenvalue weighted by Crippen LogP contribution is -2.29. The lowest BCUT2D eigenvalue weighted by Gasteiger charge is -2.24. The van der Waals surface area contributed by atoms with Crippen LogP contribution >= 0.6 is 0 Å². The Kier molecular flexibility index (Phi) is 3.36. The van der Waals surface area contributed by atoms with Crippen molar-refractivity contribution >= 4 is 16.7 Å². The molecule has 0 bridgehead atoms. The molecule has 1 heterocycles. The van der Waals surface area contributed by atoms with Crippen LogP contribution in [0.15, 0.2) is 66.7 Å². The fraction of sp³-hybridized carbons (Fsp3) is 0.150. The maximum Gasteiger partial charge on any atom is 0.325 e. The zero-order valence-electron chi connectivity index (χ0n) is 12.6. The molecule has 0 radical (unpaired) electrons. The Morgan fingerprint density at radius 2 is 1.39 bits per heavy atom. The van der Waals surface area contributed by atoms with Gasteiger partial charge in [-0.25, -0.2) is 0 Å². The molecule has 3 nitrogen and oxygen atoms in total. The Hall–Kier alpha value is -2.65. The van der Waals surface area contributed by atoms with Gasteiger partial charge in [-0.05, 0) is 39.6 Å². The molecule has 1 aliphatic heterocycles. The number of carboxylic acid groups (broad SMARTS) is 1. The Labute approximate surface area is 134 Å². The lowest BCUT2D eigenvalue weighted by molar-refractivity contribution is -0.143. The lowest BCUT2D eigenvalue weighted by atomic mass is 10.0. The Morgan fingerprint density at radius 1 is 0.870 bits per heavy atom. The van der Waals surface area contributed by atoms with Crippen LogP contribution in [-0.4, -0.2) is 16.0 Å². The fourth-order valence-electron chi connectivity index (χ4n) is 3.45. The largest absolute Gasteiger partial charge is 0.480 e. The molecule has 0 aromatic heterocycles. The standard InChI is InChI=1S/C20H17NO2/c22-20(23)19(14-6-2-1-3-7-14)21-12-17-10-15-8-4-5-9-16(15)11-18(17)13-21/h1-11,19H,12-13H2,(H,22,23). The summed E-state index contributed by atoms with van der Waals surface area (Å²) < 4.78 is 0. The van der Waals surface area contributed by atoms with E-state index < -0.39 is 12.0 Å². The number of rotatable bonds is 3. The quantitative estimate of drug-likeness (QED) is 0.795. The van der Waals surface area contributed by atoms with E-state index >= 15 is 0 Å². The summed E-state index contributed by atoms with van der Waals surface area (Å²) in [6.45, 7) is 1.35. The van der Waals surface area contributed by atoms with Crippen LogP contribution in [0, 0.1) is 0 Å². The molecule has 0 aliphatic carbocycles. The number of benzene rings is 3. The van der Waals surface area contributed by atoms with E-state index in [4.69, 9.17) is 0 Å². The highest BCUT2D eigenvalue weighted by Gasteiger charge is 2.32. The van der Waals surface area contributed by atoms with Gasteiger partial charge >= 0.3 is 5.97 Å². The van der Waals surface area contributed by atoms with E-state index in [1.807, 2.05) is 47.4 Å². The molecule has 0 saturated heterocycles. The van der Waals surface area contributed by atoms with Crippen molar-refractivity contribution in [1.82, 2.24) is 4.90 Å². The molecular weight excluding hydrogens is 286 g/mol. The van der Waals surface area contributed by atoms with Crippen LogP contribution in [0.1, 0.15) is 22.7 Å². The molecule has 23 heavy (non-hydrogen) atoms. The van der Waals surface area contributed by atoms with E-state index in [0.717, 1.165) is 5.56 Å². The predicted octanol–water partition coefficient (Wildman–Crippen LogP) is 3.98. The minimum atomic E-state index is -0.798. The molecule has 1 aliphatic rings. The van der Waals surface area contributed by atoms with Gasteiger partial charge in [0.15, 0.2) is 0 Å². The van der Waals surface area contributed by atoms with Crippen LogP contribution in [0.2, 0.25) is 0 Å². The number of carboxylic acids is 1. The average molecular weight is 303 g/mol. The number of aliphatic carboxylic acids is 1. The number of fused-ring (bicyclic) bond motifs is 2. The van der Waals surface area contributed by atoms with Gasteiger partial charge in [0, 0.05) is 13.1 Å². The number of nitrogens with zero attached hydrogens (tertiary/aromatic N) is 1. The summed E-state index contributed by atoms with van der Waals surface area (Å²) in [7, 11) is 0. The first-order valence-electron chi connectivity index (χ1n) is 7.75. The molecule has 0 saturated carbocycles. The second-order valence-corrected chi connectivity index (χ2v) is 6.02. The summed E-state index contributed by atoms with van der Waals surface area (Å²) in [5.41, 5.74) is 3.29. The van der Waals surface area contributed by atoms with Gasteiger partial charge in [0.05, 0.1) is 0 Å². The van der Waals surface area contributed by atoms with Crippen molar-refractivity contribution in [3.05, 3.63) is 83.4 Å². The van der Waals surface area contributed by atoms with Gasteiger partial charge < -0.3 is 5.11 Å². The van der Waals surface area contributed by atoms with Crippen LogP contribution in [0.25, 0.3) is 10.8 Å². The first kappa shape index (κ1) is 14.0. The molecular formula is C20H17NO2. The van der Waals surface area contributed by atoms with Crippen LogP contribution in [0.5, 0.6) is 0 Å². The minimum absolute atomic E-state index is 0.605. The number of hydrogen-bond acceptors (Lipinski definition) is 2. The van der Waals surface area contributed by atoms with Crippen molar-refractivity contribution in [2.75, 3.05) is 0 Å². The van der Waals surface area contributed by atoms with Gasteiger partial charge in [0.25, 0.3) is 0 Å².